The Balaban J connectivity index is 3.37. The fourth-order valence-corrected chi connectivity index (χ4v) is 0.799. The molecule has 2 heteroatoms. The van der Waals surface area contributed by atoms with Crippen molar-refractivity contribution in [2.24, 2.45) is 0 Å². The molecule has 0 aliphatic heterocycles. The fourth-order valence-electron chi connectivity index (χ4n) is 0.799. The highest BCUT2D eigenvalue weighted by Gasteiger charge is 1.95. The number of likely N-dealkylation sites (N-methyl/N-ethyl adjacent to an activating group) is 2. The molecule has 0 bridgehead atoms. The maximum Gasteiger partial charge on any atom is 0.0199 e. The largest absolute Gasteiger partial charge is 0.316 e. The van der Waals surface area contributed by atoms with E-state index in [1.165, 1.54) is 5.57 Å². The molecule has 0 amide bonds. The van der Waals surface area contributed by atoms with Crippen LogP contribution in [0.3, 0.4) is 0 Å². The van der Waals surface area contributed by atoms with Gasteiger partial charge in [-0.1, -0.05) is 13.5 Å². The fraction of sp³-hybridized carbons (Fsp3) is 0.750. The van der Waals surface area contributed by atoms with E-state index >= 15 is 0 Å². The minimum absolute atomic E-state index is 0.921. The Labute approximate surface area is 63.9 Å². The van der Waals surface area contributed by atoms with Crippen LogP contribution in [0.25, 0.3) is 0 Å². The van der Waals surface area contributed by atoms with E-state index in [4.69, 9.17) is 0 Å². The predicted molar refractivity (Wildman–Crippen MR) is 46.2 cm³/mol. The van der Waals surface area contributed by atoms with Gasteiger partial charge in [0.25, 0.3) is 0 Å². The van der Waals surface area contributed by atoms with Gasteiger partial charge in [-0.05, 0) is 26.2 Å². The van der Waals surface area contributed by atoms with Crippen LogP contribution in [0.2, 0.25) is 0 Å². The van der Waals surface area contributed by atoms with Crippen molar-refractivity contribution in [2.75, 3.05) is 33.7 Å². The summed E-state index contributed by atoms with van der Waals surface area (Å²) in [6, 6.07) is 0. The molecule has 0 unspecified atom stereocenters. The van der Waals surface area contributed by atoms with Crippen LogP contribution in [0.5, 0.6) is 0 Å². The SMILES string of the molecule is C=C(CNC)CN(C)CC. The average molecular weight is 142 g/mol. The molecular weight excluding hydrogens is 124 g/mol. The second-order valence-corrected chi connectivity index (χ2v) is 2.61. The predicted octanol–water partition coefficient (Wildman–Crippen LogP) is 0.714. The lowest BCUT2D eigenvalue weighted by Crippen LogP contribution is -2.24. The first-order valence-corrected chi connectivity index (χ1v) is 3.70. The van der Waals surface area contributed by atoms with Crippen molar-refractivity contribution in [1.29, 1.82) is 0 Å². The van der Waals surface area contributed by atoms with Crippen LogP contribution in [0.4, 0.5) is 0 Å². The van der Waals surface area contributed by atoms with Crippen molar-refractivity contribution in [3.05, 3.63) is 12.2 Å². The highest BCUT2D eigenvalue weighted by atomic mass is 15.1. The molecule has 0 rings (SSSR count). The number of hydrogen-bond donors (Lipinski definition) is 1. The summed E-state index contributed by atoms with van der Waals surface area (Å²) in [6.07, 6.45) is 0. The Kier molecular flexibility index (Phi) is 5.26. The molecule has 0 aromatic rings. The molecule has 0 fully saturated rings. The molecule has 0 aliphatic carbocycles. The third-order valence-electron chi connectivity index (χ3n) is 1.46. The van der Waals surface area contributed by atoms with Crippen LogP contribution in [0.15, 0.2) is 12.2 Å². The summed E-state index contributed by atoms with van der Waals surface area (Å²) in [5, 5.41) is 3.07. The summed E-state index contributed by atoms with van der Waals surface area (Å²) < 4.78 is 0. The van der Waals surface area contributed by atoms with Crippen LogP contribution in [-0.4, -0.2) is 38.6 Å². The zero-order valence-electron chi connectivity index (χ0n) is 7.28. The Morgan fingerprint density at radius 2 is 2.20 bits per heavy atom. The molecule has 0 spiro atoms. The Hall–Kier alpha value is -0.340. The smallest absolute Gasteiger partial charge is 0.0199 e. The second kappa shape index (κ2) is 5.45. The quantitative estimate of drug-likeness (QED) is 0.569. The highest BCUT2D eigenvalue weighted by molar-refractivity contribution is 4.98. The molecule has 0 saturated carbocycles. The van der Waals surface area contributed by atoms with Crippen LogP contribution in [0.1, 0.15) is 6.92 Å². The average Bonchev–Trinajstić information content (AvgIpc) is 1.88. The third kappa shape index (κ3) is 4.53. The number of nitrogens with zero attached hydrogens (tertiary/aromatic N) is 1. The summed E-state index contributed by atoms with van der Waals surface area (Å²) in [6.45, 7) is 9.08. The Morgan fingerprint density at radius 1 is 1.60 bits per heavy atom. The van der Waals surface area contributed by atoms with Gasteiger partial charge in [0.2, 0.25) is 0 Å². The molecule has 0 saturated heterocycles. The maximum absolute atomic E-state index is 3.93. The van der Waals surface area contributed by atoms with Gasteiger partial charge in [-0.3, -0.25) is 0 Å². The molecular formula is C8H18N2. The topological polar surface area (TPSA) is 15.3 Å². The van der Waals surface area contributed by atoms with Crippen LogP contribution < -0.4 is 5.32 Å². The van der Waals surface area contributed by atoms with E-state index in [9.17, 15) is 0 Å². The normalized spacial score (nSPS) is 10.4. The zero-order valence-corrected chi connectivity index (χ0v) is 7.28. The van der Waals surface area contributed by atoms with E-state index in [2.05, 4.69) is 30.8 Å². The van der Waals surface area contributed by atoms with Gasteiger partial charge in [0.05, 0.1) is 0 Å². The van der Waals surface area contributed by atoms with E-state index in [1.54, 1.807) is 0 Å². The van der Waals surface area contributed by atoms with Gasteiger partial charge in [-0.15, -0.1) is 0 Å². The van der Waals surface area contributed by atoms with Gasteiger partial charge in [0, 0.05) is 13.1 Å². The van der Waals surface area contributed by atoms with E-state index < -0.39 is 0 Å². The maximum atomic E-state index is 3.93. The Morgan fingerprint density at radius 3 is 2.60 bits per heavy atom. The van der Waals surface area contributed by atoms with Gasteiger partial charge in [0.15, 0.2) is 0 Å². The van der Waals surface area contributed by atoms with Crippen LogP contribution >= 0.6 is 0 Å². The van der Waals surface area contributed by atoms with Gasteiger partial charge in [-0.25, -0.2) is 0 Å². The summed E-state index contributed by atoms with van der Waals surface area (Å²) in [5.41, 5.74) is 1.24. The van der Waals surface area contributed by atoms with Crippen molar-refractivity contribution >= 4 is 0 Å². The molecule has 0 heterocycles. The summed E-state index contributed by atoms with van der Waals surface area (Å²) in [7, 11) is 4.04. The first-order valence-electron chi connectivity index (χ1n) is 3.70. The van der Waals surface area contributed by atoms with Gasteiger partial charge in [-0.2, -0.15) is 0 Å². The van der Waals surface area contributed by atoms with Crippen molar-refractivity contribution in [2.45, 2.75) is 6.92 Å². The molecule has 0 aromatic heterocycles. The standard InChI is InChI=1S/C8H18N2/c1-5-10(4)7-8(2)6-9-3/h9H,2,5-7H2,1,3-4H3. The molecule has 2 nitrogen and oxygen atoms in total. The van der Waals surface area contributed by atoms with Crippen molar-refractivity contribution < 1.29 is 0 Å². The molecule has 1 N–H and O–H groups in total. The number of nitrogens with one attached hydrogen (secondary N) is 1. The summed E-state index contributed by atoms with van der Waals surface area (Å²) in [4.78, 5) is 2.24. The minimum atomic E-state index is 0.921. The lowest BCUT2D eigenvalue weighted by atomic mass is 10.3. The van der Waals surface area contributed by atoms with E-state index in [1.807, 2.05) is 7.05 Å². The van der Waals surface area contributed by atoms with Crippen molar-refractivity contribution in [3.63, 3.8) is 0 Å². The lowest BCUT2D eigenvalue weighted by molar-refractivity contribution is 0.380. The first kappa shape index (κ1) is 9.66. The molecule has 0 aliphatic rings. The van der Waals surface area contributed by atoms with E-state index in [-0.39, 0.29) is 0 Å². The molecule has 10 heavy (non-hydrogen) atoms. The molecule has 0 radical (unpaired) electrons. The Bertz CT molecular complexity index is 99.4. The summed E-state index contributed by atoms with van der Waals surface area (Å²) >= 11 is 0. The van der Waals surface area contributed by atoms with E-state index in [0.29, 0.717) is 0 Å². The minimum Gasteiger partial charge on any atom is -0.316 e. The van der Waals surface area contributed by atoms with Gasteiger partial charge >= 0.3 is 0 Å². The summed E-state index contributed by atoms with van der Waals surface area (Å²) in [5.74, 6) is 0. The second-order valence-electron chi connectivity index (χ2n) is 2.61. The van der Waals surface area contributed by atoms with Crippen molar-refractivity contribution in [3.8, 4) is 0 Å². The lowest BCUT2D eigenvalue weighted by Gasteiger charge is -2.14. The molecule has 0 atom stereocenters. The van der Waals surface area contributed by atoms with Crippen LogP contribution in [0, 0.1) is 0 Å². The first-order chi connectivity index (χ1) is 4.70. The van der Waals surface area contributed by atoms with Crippen molar-refractivity contribution in [1.82, 2.24) is 10.2 Å². The van der Waals surface area contributed by atoms with Crippen LogP contribution in [-0.2, 0) is 0 Å². The number of rotatable bonds is 5. The molecule has 0 aromatic carbocycles. The van der Waals surface area contributed by atoms with E-state index in [0.717, 1.165) is 19.6 Å². The zero-order chi connectivity index (χ0) is 7.98. The third-order valence-corrected chi connectivity index (χ3v) is 1.46. The molecule has 60 valence electrons. The highest BCUT2D eigenvalue weighted by Crippen LogP contribution is 1.90. The number of hydrogen-bond acceptors (Lipinski definition) is 2. The van der Waals surface area contributed by atoms with Gasteiger partial charge < -0.3 is 10.2 Å². The van der Waals surface area contributed by atoms with Gasteiger partial charge in [0.1, 0.15) is 0 Å². The monoisotopic (exact) mass is 142 g/mol.